The molecule has 0 spiro atoms. The first-order valence-corrected chi connectivity index (χ1v) is 9.09. The Labute approximate surface area is 151 Å². The van der Waals surface area contributed by atoms with Gasteiger partial charge in [-0.25, -0.2) is 17.9 Å². The van der Waals surface area contributed by atoms with Gasteiger partial charge in [-0.05, 0) is 46.5 Å². The summed E-state index contributed by atoms with van der Waals surface area (Å²) < 4.78 is 32.4. The minimum atomic E-state index is -3.73. The number of ether oxygens (including phenoxy) is 1. The molecule has 6 nitrogen and oxygen atoms in total. The second kappa shape index (κ2) is 9.58. The molecule has 0 bridgehead atoms. The van der Waals surface area contributed by atoms with Crippen LogP contribution in [0.2, 0.25) is 0 Å². The van der Waals surface area contributed by atoms with E-state index in [0.29, 0.717) is 16.8 Å². The first-order valence-electron chi connectivity index (χ1n) is 6.81. The first-order chi connectivity index (χ1) is 10.2. The summed E-state index contributed by atoms with van der Waals surface area (Å²) in [5.41, 5.74) is 5.90. The third-order valence-corrected chi connectivity index (χ3v) is 5.50. The van der Waals surface area contributed by atoms with Gasteiger partial charge >= 0.3 is 5.97 Å². The van der Waals surface area contributed by atoms with Gasteiger partial charge in [0, 0.05) is 17.1 Å². The van der Waals surface area contributed by atoms with Crippen molar-refractivity contribution >= 4 is 44.3 Å². The number of rotatable bonds is 7. The number of nitrogens with one attached hydrogen (secondary N) is 1. The van der Waals surface area contributed by atoms with E-state index >= 15 is 0 Å². The molecular formula is C14H22BrClN2O4S. The topological polar surface area (TPSA) is 98.5 Å². The molecule has 0 heterocycles. The van der Waals surface area contributed by atoms with E-state index < -0.39 is 16.0 Å². The van der Waals surface area contributed by atoms with E-state index in [9.17, 15) is 13.2 Å². The van der Waals surface area contributed by atoms with Crippen LogP contribution in [-0.4, -0.2) is 34.1 Å². The molecule has 0 aromatic heterocycles. The maximum Gasteiger partial charge on any atom is 0.337 e. The number of hydrogen-bond donors (Lipinski definition) is 2. The lowest BCUT2D eigenvalue weighted by Gasteiger charge is -2.19. The summed E-state index contributed by atoms with van der Waals surface area (Å²) in [6.07, 6.45) is 0.646. The van der Waals surface area contributed by atoms with Crippen molar-refractivity contribution in [1.29, 1.82) is 0 Å². The van der Waals surface area contributed by atoms with Gasteiger partial charge in [0.25, 0.3) is 0 Å². The molecule has 1 aromatic rings. The van der Waals surface area contributed by atoms with Crippen LogP contribution in [0.25, 0.3) is 0 Å². The number of methoxy groups -OCH3 is 1. The molecule has 1 aromatic carbocycles. The highest BCUT2D eigenvalue weighted by molar-refractivity contribution is 9.10. The van der Waals surface area contributed by atoms with Gasteiger partial charge in [-0.2, -0.15) is 0 Å². The van der Waals surface area contributed by atoms with E-state index in [2.05, 4.69) is 25.4 Å². The molecule has 3 N–H and O–H groups in total. The van der Waals surface area contributed by atoms with E-state index in [1.807, 2.05) is 13.8 Å². The number of halogens is 2. The third kappa shape index (κ3) is 6.39. The average Bonchev–Trinajstić information content (AvgIpc) is 2.44. The monoisotopic (exact) mass is 428 g/mol. The van der Waals surface area contributed by atoms with Gasteiger partial charge in [0.1, 0.15) is 0 Å². The van der Waals surface area contributed by atoms with Gasteiger partial charge in [-0.15, -0.1) is 12.4 Å². The number of sulfonamides is 1. The molecular weight excluding hydrogens is 408 g/mol. The molecule has 0 saturated heterocycles. The number of nitrogens with two attached hydrogens (primary N) is 1. The lowest BCUT2D eigenvalue weighted by molar-refractivity contribution is 0.0600. The highest BCUT2D eigenvalue weighted by Crippen LogP contribution is 2.24. The van der Waals surface area contributed by atoms with Crippen LogP contribution in [0.3, 0.4) is 0 Å². The van der Waals surface area contributed by atoms with Crippen molar-refractivity contribution in [1.82, 2.24) is 4.72 Å². The fourth-order valence-electron chi connectivity index (χ4n) is 2.01. The summed E-state index contributed by atoms with van der Waals surface area (Å²) in [6, 6.07) is 3.85. The molecule has 0 aliphatic rings. The zero-order chi connectivity index (χ0) is 16.9. The van der Waals surface area contributed by atoms with Crippen LogP contribution in [0.15, 0.2) is 27.6 Å². The molecule has 0 fully saturated rings. The van der Waals surface area contributed by atoms with Crippen LogP contribution < -0.4 is 10.5 Å². The minimum Gasteiger partial charge on any atom is -0.465 e. The van der Waals surface area contributed by atoms with Crippen LogP contribution in [0.4, 0.5) is 0 Å². The van der Waals surface area contributed by atoms with Crippen LogP contribution in [0, 0.1) is 5.92 Å². The molecule has 0 aliphatic carbocycles. The molecule has 0 amide bonds. The predicted molar refractivity (Wildman–Crippen MR) is 95.3 cm³/mol. The number of esters is 1. The van der Waals surface area contributed by atoms with Crippen LogP contribution in [0.5, 0.6) is 0 Å². The van der Waals surface area contributed by atoms with Crippen molar-refractivity contribution in [3.63, 3.8) is 0 Å². The fraction of sp³-hybridized carbons (Fsp3) is 0.500. The molecule has 1 unspecified atom stereocenters. The number of benzene rings is 1. The van der Waals surface area contributed by atoms with E-state index in [-0.39, 0.29) is 35.5 Å². The fourth-order valence-corrected chi connectivity index (χ4v) is 4.35. The van der Waals surface area contributed by atoms with Crippen LogP contribution in [-0.2, 0) is 14.8 Å². The summed E-state index contributed by atoms with van der Waals surface area (Å²) in [7, 11) is -2.46. The van der Waals surface area contributed by atoms with E-state index in [4.69, 9.17) is 5.73 Å². The van der Waals surface area contributed by atoms with Crippen LogP contribution >= 0.6 is 28.3 Å². The van der Waals surface area contributed by atoms with Crippen molar-refractivity contribution in [2.24, 2.45) is 11.7 Å². The van der Waals surface area contributed by atoms with Gasteiger partial charge in [-0.1, -0.05) is 13.8 Å². The zero-order valence-electron chi connectivity index (χ0n) is 13.2. The minimum absolute atomic E-state index is 0. The molecule has 1 atom stereocenters. The number of carbonyl (C=O) groups excluding carboxylic acids is 1. The Balaban J connectivity index is 0.00000484. The number of carbonyl (C=O) groups is 1. The summed E-state index contributed by atoms with van der Waals surface area (Å²) >= 11 is 3.18. The summed E-state index contributed by atoms with van der Waals surface area (Å²) in [4.78, 5) is 11.5. The second-order valence-electron chi connectivity index (χ2n) is 5.32. The van der Waals surface area contributed by atoms with Crippen molar-refractivity contribution in [2.45, 2.75) is 31.2 Å². The normalized spacial score (nSPS) is 12.6. The Morgan fingerprint density at radius 3 is 2.43 bits per heavy atom. The lowest BCUT2D eigenvalue weighted by Crippen LogP contribution is -2.41. The van der Waals surface area contributed by atoms with Crippen molar-refractivity contribution in [2.75, 3.05) is 13.7 Å². The highest BCUT2D eigenvalue weighted by Gasteiger charge is 2.23. The SMILES string of the molecule is COC(=O)c1ccc(S(=O)(=O)NC(CN)CC(C)C)c(Br)c1.Cl. The molecule has 0 saturated carbocycles. The molecule has 23 heavy (non-hydrogen) atoms. The Hall–Kier alpha value is -0.670. The molecule has 0 radical (unpaired) electrons. The van der Waals surface area contributed by atoms with Crippen molar-refractivity contribution in [3.8, 4) is 0 Å². The maximum absolute atomic E-state index is 12.4. The van der Waals surface area contributed by atoms with Crippen molar-refractivity contribution in [3.05, 3.63) is 28.2 Å². The van der Waals surface area contributed by atoms with E-state index in [1.54, 1.807) is 0 Å². The molecule has 132 valence electrons. The molecule has 9 heteroatoms. The quantitative estimate of drug-likeness (QED) is 0.648. The highest BCUT2D eigenvalue weighted by atomic mass is 79.9. The van der Waals surface area contributed by atoms with Gasteiger partial charge < -0.3 is 10.5 Å². The Morgan fingerprint density at radius 1 is 1.39 bits per heavy atom. The Bertz CT molecular complexity index is 638. The first kappa shape index (κ1) is 22.3. The molecule has 0 aliphatic heterocycles. The lowest BCUT2D eigenvalue weighted by atomic mass is 10.1. The summed E-state index contributed by atoms with van der Waals surface area (Å²) in [5.74, 6) is -0.210. The Morgan fingerprint density at radius 2 is 2.00 bits per heavy atom. The van der Waals surface area contributed by atoms with Crippen molar-refractivity contribution < 1.29 is 17.9 Å². The Kier molecular flexibility index (Phi) is 9.30. The standard InChI is InChI=1S/C14H21BrN2O4S.ClH/c1-9(2)6-11(8-16)17-22(19,20)13-5-4-10(7-12(13)15)14(18)21-3;/h4-5,7,9,11,17H,6,8,16H2,1-3H3;1H. The van der Waals surface area contributed by atoms with Crippen LogP contribution in [0.1, 0.15) is 30.6 Å². The van der Waals surface area contributed by atoms with Gasteiger partial charge in [0.05, 0.1) is 17.6 Å². The smallest absolute Gasteiger partial charge is 0.337 e. The average molecular weight is 430 g/mol. The predicted octanol–water partition coefficient (Wildman–Crippen LogP) is 2.31. The number of hydrogen-bond acceptors (Lipinski definition) is 5. The van der Waals surface area contributed by atoms with E-state index in [0.717, 1.165) is 0 Å². The van der Waals surface area contributed by atoms with Gasteiger partial charge in [0.2, 0.25) is 10.0 Å². The van der Waals surface area contributed by atoms with E-state index in [1.165, 1.54) is 25.3 Å². The molecule has 1 rings (SSSR count). The maximum atomic E-state index is 12.4. The largest absolute Gasteiger partial charge is 0.465 e. The summed E-state index contributed by atoms with van der Waals surface area (Å²) in [6.45, 7) is 4.21. The third-order valence-electron chi connectivity index (χ3n) is 3.00. The zero-order valence-corrected chi connectivity index (χ0v) is 16.4. The van der Waals surface area contributed by atoms with Gasteiger partial charge in [0.15, 0.2) is 0 Å². The summed E-state index contributed by atoms with van der Waals surface area (Å²) in [5, 5.41) is 0. The second-order valence-corrected chi connectivity index (χ2v) is 7.86. The van der Waals surface area contributed by atoms with Gasteiger partial charge in [-0.3, -0.25) is 0 Å².